The van der Waals surface area contributed by atoms with Gasteiger partial charge in [0, 0.05) is 89.2 Å². The number of benzene rings is 2. The Hall–Kier alpha value is -6.65. The molecular formula is C40H25ClF2N8. The maximum absolute atomic E-state index is 13.3. The molecule has 0 spiro atoms. The molecule has 0 radical (unpaired) electrons. The van der Waals surface area contributed by atoms with Crippen LogP contribution < -0.4 is 0 Å². The van der Waals surface area contributed by atoms with E-state index in [1.807, 2.05) is 48.5 Å². The molecule has 0 unspecified atom stereocenters. The van der Waals surface area contributed by atoms with Crippen LogP contribution in [0.5, 0.6) is 0 Å². The molecule has 246 valence electrons. The van der Waals surface area contributed by atoms with Gasteiger partial charge in [0.25, 0.3) is 0 Å². The van der Waals surface area contributed by atoms with Crippen molar-refractivity contribution in [2.75, 3.05) is 0 Å². The topological polar surface area (TPSA) is 103 Å². The predicted octanol–water partition coefficient (Wildman–Crippen LogP) is 9.47. The van der Waals surface area contributed by atoms with Crippen molar-refractivity contribution in [3.05, 3.63) is 170 Å². The van der Waals surface area contributed by atoms with Crippen molar-refractivity contribution < 1.29 is 8.78 Å². The number of pyridine rings is 4. The second-order valence-corrected chi connectivity index (χ2v) is 11.3. The average molecular weight is 691 g/mol. The zero-order valence-corrected chi connectivity index (χ0v) is 27.4. The first-order chi connectivity index (χ1) is 25.0. The van der Waals surface area contributed by atoms with Crippen LogP contribution in [-0.4, -0.2) is 39.9 Å². The van der Waals surface area contributed by atoms with Crippen LogP contribution in [0.3, 0.4) is 0 Å². The second-order valence-electron chi connectivity index (χ2n) is 11.0. The van der Waals surface area contributed by atoms with E-state index in [2.05, 4.69) is 29.9 Å². The molecule has 0 aliphatic rings. The lowest BCUT2D eigenvalue weighted by molar-refractivity contribution is 0.627. The van der Waals surface area contributed by atoms with Crippen molar-refractivity contribution in [1.29, 1.82) is 0 Å². The van der Waals surface area contributed by atoms with Gasteiger partial charge in [-0.25, -0.2) is 28.7 Å². The fourth-order valence-corrected chi connectivity index (χ4v) is 5.53. The summed E-state index contributed by atoms with van der Waals surface area (Å²) >= 11 is 6.53. The molecule has 11 heteroatoms. The fraction of sp³-hybridized carbons (Fsp3) is 0. The van der Waals surface area contributed by atoms with Gasteiger partial charge in [-0.05, 0) is 83.9 Å². The Bertz CT molecular complexity index is 2370. The molecule has 0 amide bonds. The molecule has 0 aliphatic carbocycles. The highest BCUT2D eigenvalue weighted by molar-refractivity contribution is 6.33. The largest absolute Gasteiger partial charge is 0.265 e. The summed E-state index contributed by atoms with van der Waals surface area (Å²) in [6.07, 6.45) is 15.3. The lowest BCUT2D eigenvalue weighted by Gasteiger charge is -2.13. The molecule has 6 heterocycles. The summed E-state index contributed by atoms with van der Waals surface area (Å²) in [5, 5.41) is 0.297. The molecule has 6 aromatic heterocycles. The zero-order valence-electron chi connectivity index (χ0n) is 26.6. The van der Waals surface area contributed by atoms with E-state index in [1.54, 1.807) is 80.0 Å². The van der Waals surface area contributed by atoms with Crippen LogP contribution in [0.2, 0.25) is 5.15 Å². The highest BCUT2D eigenvalue weighted by atomic mass is 35.5. The number of nitrogens with zero attached hydrogens (tertiary/aromatic N) is 8. The van der Waals surface area contributed by atoms with Crippen LogP contribution in [-0.2, 0) is 0 Å². The van der Waals surface area contributed by atoms with Crippen LogP contribution in [0.4, 0.5) is 8.78 Å². The SMILES string of the molecule is Fc1ccc(-c2c(Cl)nc(-c3ccncc3)nc2-c2ccncc2)cc1.Fc1ccc(-c2cnc(-c3ccncc3)nc2-c2ccncc2)cc1. The number of aromatic nitrogens is 8. The third-order valence-corrected chi connectivity index (χ3v) is 8.00. The molecule has 0 saturated heterocycles. The van der Waals surface area contributed by atoms with E-state index >= 15 is 0 Å². The van der Waals surface area contributed by atoms with Crippen LogP contribution >= 0.6 is 11.6 Å². The van der Waals surface area contributed by atoms with E-state index in [9.17, 15) is 8.78 Å². The van der Waals surface area contributed by atoms with Crippen molar-refractivity contribution in [2.24, 2.45) is 0 Å². The predicted molar refractivity (Wildman–Crippen MR) is 193 cm³/mol. The Kier molecular flexibility index (Phi) is 9.84. The molecule has 2 aromatic carbocycles. The molecule has 8 rings (SSSR count). The van der Waals surface area contributed by atoms with Gasteiger partial charge in [0.05, 0.1) is 11.4 Å². The van der Waals surface area contributed by atoms with E-state index in [1.165, 1.54) is 24.3 Å². The van der Waals surface area contributed by atoms with Gasteiger partial charge >= 0.3 is 0 Å². The summed E-state index contributed by atoms with van der Waals surface area (Å²) in [6, 6.07) is 27.3. The first-order valence-electron chi connectivity index (χ1n) is 15.6. The zero-order chi connectivity index (χ0) is 35.0. The average Bonchev–Trinajstić information content (AvgIpc) is 3.20. The van der Waals surface area contributed by atoms with Crippen molar-refractivity contribution in [2.45, 2.75) is 0 Å². The highest BCUT2D eigenvalue weighted by Gasteiger charge is 2.18. The molecule has 0 atom stereocenters. The van der Waals surface area contributed by atoms with Crippen molar-refractivity contribution >= 4 is 11.6 Å². The molecule has 0 fully saturated rings. The first-order valence-corrected chi connectivity index (χ1v) is 16.0. The molecule has 8 nitrogen and oxygen atoms in total. The van der Waals surface area contributed by atoms with E-state index in [0.717, 1.165) is 44.6 Å². The Morgan fingerprint density at radius 2 is 0.804 bits per heavy atom. The minimum atomic E-state index is -0.315. The fourth-order valence-electron chi connectivity index (χ4n) is 5.25. The Balaban J connectivity index is 0.000000159. The minimum absolute atomic E-state index is 0.275. The van der Waals surface area contributed by atoms with Gasteiger partial charge in [0.15, 0.2) is 11.6 Å². The van der Waals surface area contributed by atoms with E-state index in [-0.39, 0.29) is 11.6 Å². The maximum atomic E-state index is 13.3. The van der Waals surface area contributed by atoms with Crippen LogP contribution in [0, 0.1) is 11.6 Å². The molecule has 51 heavy (non-hydrogen) atoms. The van der Waals surface area contributed by atoms with Gasteiger partial charge < -0.3 is 0 Å². The summed E-state index contributed by atoms with van der Waals surface area (Å²) in [4.78, 5) is 34.6. The van der Waals surface area contributed by atoms with Crippen LogP contribution in [0.1, 0.15) is 0 Å². The highest BCUT2D eigenvalue weighted by Crippen LogP contribution is 2.37. The molecule has 0 N–H and O–H groups in total. The summed E-state index contributed by atoms with van der Waals surface area (Å²) in [7, 11) is 0. The van der Waals surface area contributed by atoms with Gasteiger partial charge in [-0.3, -0.25) is 19.9 Å². The first kappa shape index (κ1) is 32.9. The van der Waals surface area contributed by atoms with Gasteiger partial charge in [-0.2, -0.15) is 0 Å². The Labute approximate surface area is 296 Å². The lowest BCUT2D eigenvalue weighted by Crippen LogP contribution is -1.98. The van der Waals surface area contributed by atoms with Crippen LogP contribution in [0.15, 0.2) is 153 Å². The summed E-state index contributed by atoms with van der Waals surface area (Å²) < 4.78 is 26.6. The summed E-state index contributed by atoms with van der Waals surface area (Å²) in [6.45, 7) is 0. The molecule has 0 aliphatic heterocycles. The van der Waals surface area contributed by atoms with Gasteiger partial charge in [-0.1, -0.05) is 35.9 Å². The monoisotopic (exact) mass is 690 g/mol. The Morgan fingerprint density at radius 1 is 0.392 bits per heavy atom. The smallest absolute Gasteiger partial charge is 0.161 e. The van der Waals surface area contributed by atoms with Crippen LogP contribution in [0.25, 0.3) is 67.5 Å². The minimum Gasteiger partial charge on any atom is -0.265 e. The molecule has 8 aromatic rings. The molecule has 0 saturated carbocycles. The molecule has 0 bridgehead atoms. The van der Waals surface area contributed by atoms with Crippen molar-refractivity contribution in [1.82, 2.24) is 39.9 Å². The van der Waals surface area contributed by atoms with Gasteiger partial charge in [-0.15, -0.1) is 0 Å². The number of rotatable bonds is 6. The summed E-state index contributed by atoms with van der Waals surface area (Å²) in [5.74, 6) is 0.517. The van der Waals surface area contributed by atoms with Gasteiger partial charge in [0.1, 0.15) is 16.8 Å². The number of hydrogen-bond donors (Lipinski definition) is 0. The number of hydrogen-bond acceptors (Lipinski definition) is 8. The Morgan fingerprint density at radius 3 is 1.31 bits per heavy atom. The normalized spacial score (nSPS) is 10.6. The third kappa shape index (κ3) is 7.66. The maximum Gasteiger partial charge on any atom is 0.161 e. The lowest BCUT2D eigenvalue weighted by atomic mass is 10.0. The van der Waals surface area contributed by atoms with E-state index in [4.69, 9.17) is 21.6 Å². The van der Waals surface area contributed by atoms with Crippen molar-refractivity contribution in [3.63, 3.8) is 0 Å². The number of halogens is 3. The third-order valence-electron chi connectivity index (χ3n) is 7.73. The van der Waals surface area contributed by atoms with E-state index in [0.29, 0.717) is 28.1 Å². The second kappa shape index (κ2) is 15.3. The van der Waals surface area contributed by atoms with Crippen molar-refractivity contribution in [3.8, 4) is 67.5 Å². The standard InChI is InChI=1S/C20H12ClFN4.C20H13FN4/c21-19-17(13-1-3-16(22)4-2-13)18(14-5-9-23-10-6-14)25-20(26-19)15-7-11-24-12-8-15;21-17-3-1-14(2-4-17)18-13-24-20(16-7-11-23-12-8-16)25-19(18)15-5-9-22-10-6-15/h1-12H;1-13H. The van der Waals surface area contributed by atoms with Gasteiger partial charge in [0.2, 0.25) is 0 Å². The molecular weight excluding hydrogens is 666 g/mol. The quantitative estimate of drug-likeness (QED) is 0.159. The summed E-state index contributed by atoms with van der Waals surface area (Å²) in [5.41, 5.74) is 7.98. The van der Waals surface area contributed by atoms with E-state index < -0.39 is 0 Å².